The number of amides is 1. The second-order valence-electron chi connectivity index (χ2n) is 5.16. The number of nitrogens with one attached hydrogen (secondary N) is 2. The van der Waals surface area contributed by atoms with Gasteiger partial charge >= 0.3 is 5.97 Å². The third-order valence-electron chi connectivity index (χ3n) is 3.26. The van der Waals surface area contributed by atoms with Gasteiger partial charge in [-0.25, -0.2) is 9.37 Å². The van der Waals surface area contributed by atoms with Crippen molar-refractivity contribution in [1.82, 2.24) is 10.3 Å². The molecule has 0 aliphatic carbocycles. The van der Waals surface area contributed by atoms with Gasteiger partial charge in [-0.3, -0.25) is 9.59 Å². The van der Waals surface area contributed by atoms with Crippen LogP contribution in [0.1, 0.15) is 23.7 Å². The highest BCUT2D eigenvalue weighted by Crippen LogP contribution is 2.21. The van der Waals surface area contributed by atoms with Crippen LogP contribution in [0, 0.1) is 5.82 Å². The van der Waals surface area contributed by atoms with Gasteiger partial charge in [0.05, 0.1) is 24.8 Å². The number of methoxy groups -OCH3 is 1. The van der Waals surface area contributed by atoms with E-state index in [9.17, 15) is 14.0 Å². The number of rotatable bonds is 6. The van der Waals surface area contributed by atoms with Gasteiger partial charge < -0.3 is 15.4 Å². The van der Waals surface area contributed by atoms with Crippen molar-refractivity contribution in [3.05, 3.63) is 54.0 Å². The van der Waals surface area contributed by atoms with Gasteiger partial charge in [0.25, 0.3) is 5.91 Å². The average Bonchev–Trinajstić information content (AvgIpc) is 2.57. The Morgan fingerprint density at radius 3 is 2.71 bits per heavy atom. The van der Waals surface area contributed by atoms with Gasteiger partial charge in [-0.05, 0) is 31.2 Å². The second-order valence-corrected chi connectivity index (χ2v) is 5.16. The molecule has 24 heavy (non-hydrogen) atoms. The molecule has 0 saturated heterocycles. The maximum absolute atomic E-state index is 13.8. The highest BCUT2D eigenvalue weighted by atomic mass is 19.1. The molecule has 1 heterocycles. The number of esters is 1. The van der Waals surface area contributed by atoms with Crippen LogP contribution in [0.25, 0.3) is 0 Å². The number of para-hydroxylation sites is 1. The molecule has 0 radical (unpaired) electrons. The molecule has 0 spiro atoms. The van der Waals surface area contributed by atoms with Crippen molar-refractivity contribution < 1.29 is 18.7 Å². The molecule has 0 fully saturated rings. The van der Waals surface area contributed by atoms with Gasteiger partial charge in [-0.2, -0.15) is 0 Å². The number of hydrogen-bond acceptors (Lipinski definition) is 5. The molecule has 2 N–H and O–H groups in total. The summed E-state index contributed by atoms with van der Waals surface area (Å²) < 4.78 is 18.3. The lowest BCUT2D eigenvalue weighted by Gasteiger charge is -2.15. The van der Waals surface area contributed by atoms with Crippen LogP contribution >= 0.6 is 0 Å². The Bertz CT molecular complexity index is 737. The minimum Gasteiger partial charge on any atom is -0.469 e. The van der Waals surface area contributed by atoms with Crippen LogP contribution < -0.4 is 10.6 Å². The van der Waals surface area contributed by atoms with Gasteiger partial charge in [-0.1, -0.05) is 12.1 Å². The summed E-state index contributed by atoms with van der Waals surface area (Å²) in [6.45, 7) is 1.69. The molecule has 6 nitrogen and oxygen atoms in total. The molecule has 0 aliphatic rings. The fraction of sp³-hybridized carbons (Fsp3) is 0.235. The molecule has 1 unspecified atom stereocenters. The molecule has 1 atom stereocenters. The molecular formula is C17H18FN3O3. The number of carbonyl (C=O) groups excluding carboxylic acids is 2. The van der Waals surface area contributed by atoms with Crippen LogP contribution in [0.5, 0.6) is 0 Å². The van der Waals surface area contributed by atoms with Crippen LogP contribution in [0.15, 0.2) is 42.6 Å². The third kappa shape index (κ3) is 4.52. The number of carbonyl (C=O) groups is 2. The summed E-state index contributed by atoms with van der Waals surface area (Å²) in [5, 5.41) is 5.50. The van der Waals surface area contributed by atoms with Gasteiger partial charge in [0.15, 0.2) is 0 Å². The third-order valence-corrected chi connectivity index (χ3v) is 3.26. The summed E-state index contributed by atoms with van der Waals surface area (Å²) in [4.78, 5) is 27.7. The van der Waals surface area contributed by atoms with Crippen LogP contribution in [0.3, 0.4) is 0 Å². The zero-order valence-corrected chi connectivity index (χ0v) is 13.4. The molecule has 1 aromatic heterocycles. The number of hydrogen-bond donors (Lipinski definition) is 2. The Morgan fingerprint density at radius 2 is 2.00 bits per heavy atom. The Morgan fingerprint density at radius 1 is 1.25 bits per heavy atom. The number of benzene rings is 1. The van der Waals surface area contributed by atoms with E-state index in [4.69, 9.17) is 0 Å². The maximum atomic E-state index is 13.8. The van der Waals surface area contributed by atoms with Gasteiger partial charge in [0.1, 0.15) is 11.6 Å². The number of anilines is 2. The van der Waals surface area contributed by atoms with E-state index in [0.717, 1.165) is 0 Å². The highest BCUT2D eigenvalue weighted by Gasteiger charge is 2.17. The van der Waals surface area contributed by atoms with Crippen molar-refractivity contribution in [3.8, 4) is 0 Å². The average molecular weight is 331 g/mol. The number of aromatic nitrogens is 1. The standard InChI is InChI=1S/C17H18FN3O3/c1-11(10-15(22)24-2)20-17(23)12-6-5-9-19-16(12)21-14-8-4-3-7-13(14)18/h3-9,11H,10H2,1-2H3,(H,19,21)(H,20,23). The van der Waals surface area contributed by atoms with Crippen molar-refractivity contribution in [2.45, 2.75) is 19.4 Å². The molecule has 0 aliphatic heterocycles. The monoisotopic (exact) mass is 331 g/mol. The van der Waals surface area contributed by atoms with E-state index in [1.807, 2.05) is 0 Å². The lowest BCUT2D eigenvalue weighted by atomic mass is 10.2. The molecule has 0 bridgehead atoms. The van der Waals surface area contributed by atoms with E-state index in [1.165, 1.54) is 19.4 Å². The minimum atomic E-state index is -0.450. The quantitative estimate of drug-likeness (QED) is 0.796. The Hall–Kier alpha value is -2.96. The van der Waals surface area contributed by atoms with Crippen molar-refractivity contribution in [1.29, 1.82) is 0 Å². The summed E-state index contributed by atoms with van der Waals surface area (Å²) in [6, 6.07) is 8.86. The van der Waals surface area contributed by atoms with Crippen molar-refractivity contribution in [2.24, 2.45) is 0 Å². The number of ether oxygens (including phenoxy) is 1. The van der Waals surface area contributed by atoms with Crippen LogP contribution in [0.4, 0.5) is 15.9 Å². The minimum absolute atomic E-state index is 0.0541. The summed E-state index contributed by atoms with van der Waals surface area (Å²) in [7, 11) is 1.29. The molecule has 126 valence electrons. The normalized spacial score (nSPS) is 11.5. The SMILES string of the molecule is COC(=O)CC(C)NC(=O)c1cccnc1Nc1ccccc1F. The first-order valence-electron chi connectivity index (χ1n) is 7.35. The lowest BCUT2D eigenvalue weighted by molar-refractivity contribution is -0.141. The molecule has 2 aromatic rings. The summed E-state index contributed by atoms with van der Waals surface area (Å²) >= 11 is 0. The zero-order valence-electron chi connectivity index (χ0n) is 13.4. The number of nitrogens with zero attached hydrogens (tertiary/aromatic N) is 1. The van der Waals surface area contributed by atoms with E-state index >= 15 is 0 Å². The Labute approximate surface area is 139 Å². The summed E-state index contributed by atoms with van der Waals surface area (Å²) in [6.07, 6.45) is 1.55. The number of pyridine rings is 1. The van der Waals surface area contributed by atoms with E-state index in [2.05, 4.69) is 20.4 Å². The molecule has 1 aromatic carbocycles. The Balaban J connectivity index is 2.15. The predicted octanol–water partition coefficient (Wildman–Crippen LogP) is 2.65. The van der Waals surface area contributed by atoms with Crippen LogP contribution in [-0.2, 0) is 9.53 Å². The first kappa shape index (κ1) is 17.4. The fourth-order valence-corrected chi connectivity index (χ4v) is 2.06. The predicted molar refractivity (Wildman–Crippen MR) is 87.5 cm³/mol. The number of halogens is 1. The van der Waals surface area contributed by atoms with Crippen molar-refractivity contribution in [2.75, 3.05) is 12.4 Å². The summed E-state index contributed by atoms with van der Waals surface area (Å²) in [5.74, 6) is -1.06. The molecule has 1 amide bonds. The topological polar surface area (TPSA) is 80.3 Å². The zero-order chi connectivity index (χ0) is 17.5. The van der Waals surface area contributed by atoms with E-state index < -0.39 is 23.7 Å². The van der Waals surface area contributed by atoms with E-state index in [-0.39, 0.29) is 23.5 Å². The molecule has 2 rings (SSSR count). The smallest absolute Gasteiger partial charge is 0.307 e. The maximum Gasteiger partial charge on any atom is 0.307 e. The lowest BCUT2D eigenvalue weighted by Crippen LogP contribution is -2.34. The molecule has 0 saturated carbocycles. The first-order chi connectivity index (χ1) is 11.5. The molecule has 7 heteroatoms. The van der Waals surface area contributed by atoms with E-state index in [1.54, 1.807) is 37.3 Å². The highest BCUT2D eigenvalue weighted by molar-refractivity contribution is 5.99. The van der Waals surface area contributed by atoms with Gasteiger partial charge in [-0.15, -0.1) is 0 Å². The van der Waals surface area contributed by atoms with Gasteiger partial charge in [0, 0.05) is 12.2 Å². The van der Waals surface area contributed by atoms with E-state index in [0.29, 0.717) is 0 Å². The van der Waals surface area contributed by atoms with Crippen molar-refractivity contribution in [3.63, 3.8) is 0 Å². The largest absolute Gasteiger partial charge is 0.469 e. The van der Waals surface area contributed by atoms with Crippen molar-refractivity contribution >= 4 is 23.4 Å². The fourth-order valence-electron chi connectivity index (χ4n) is 2.06. The molecular weight excluding hydrogens is 313 g/mol. The van der Waals surface area contributed by atoms with Crippen LogP contribution in [0.2, 0.25) is 0 Å². The second kappa shape index (κ2) is 8.05. The Kier molecular flexibility index (Phi) is 5.83. The van der Waals surface area contributed by atoms with Crippen LogP contribution in [-0.4, -0.2) is 30.0 Å². The summed E-state index contributed by atoms with van der Waals surface area (Å²) in [5.41, 5.74) is 0.463. The first-order valence-corrected chi connectivity index (χ1v) is 7.35. The van der Waals surface area contributed by atoms with Gasteiger partial charge in [0.2, 0.25) is 0 Å².